The summed E-state index contributed by atoms with van der Waals surface area (Å²) in [7, 11) is 1.96. The van der Waals surface area contributed by atoms with Gasteiger partial charge in [-0.15, -0.1) is 0 Å². The Balaban J connectivity index is 1.80. The first kappa shape index (κ1) is 15.9. The van der Waals surface area contributed by atoms with E-state index in [1.165, 1.54) is 0 Å². The van der Waals surface area contributed by atoms with Crippen molar-refractivity contribution in [2.24, 2.45) is 0 Å². The van der Waals surface area contributed by atoms with Gasteiger partial charge in [-0.2, -0.15) is 5.26 Å². The zero-order chi connectivity index (χ0) is 16.9. The molecule has 1 aliphatic rings. The number of nitrogens with one attached hydrogen (secondary N) is 1. The Hall–Kier alpha value is -3.00. The molecule has 2 aromatic carbocycles. The fourth-order valence-electron chi connectivity index (χ4n) is 2.83. The Morgan fingerprint density at radius 3 is 2.92 bits per heavy atom. The first-order valence-corrected chi connectivity index (χ1v) is 7.93. The number of unbranched alkanes of at least 4 members (excludes halogenated alkanes) is 1. The van der Waals surface area contributed by atoms with Crippen molar-refractivity contribution in [2.75, 3.05) is 18.6 Å². The van der Waals surface area contributed by atoms with Crippen LogP contribution in [0.2, 0.25) is 0 Å². The summed E-state index contributed by atoms with van der Waals surface area (Å²) in [5.74, 6) is 0.668. The second-order valence-electron chi connectivity index (χ2n) is 5.69. The number of ether oxygens (including phenoxy) is 1. The fraction of sp³-hybridized carbons (Fsp3) is 0.263. The number of rotatable bonds is 5. The van der Waals surface area contributed by atoms with Crippen LogP contribution in [0.25, 0.3) is 0 Å². The molecule has 0 radical (unpaired) electrons. The Morgan fingerprint density at radius 2 is 2.08 bits per heavy atom. The van der Waals surface area contributed by atoms with Crippen molar-refractivity contribution >= 4 is 11.6 Å². The second kappa shape index (κ2) is 7.05. The Morgan fingerprint density at radius 1 is 1.25 bits per heavy atom. The highest BCUT2D eigenvalue weighted by Gasteiger charge is 2.29. The molecule has 0 fully saturated rings. The molecule has 0 saturated heterocycles. The van der Waals surface area contributed by atoms with E-state index in [0.717, 1.165) is 17.0 Å². The van der Waals surface area contributed by atoms with Gasteiger partial charge in [0.05, 0.1) is 23.9 Å². The molecular formula is C19H19N3O2. The summed E-state index contributed by atoms with van der Waals surface area (Å²) < 4.78 is 5.69. The van der Waals surface area contributed by atoms with Gasteiger partial charge in [0.1, 0.15) is 11.9 Å². The molecule has 1 N–H and O–H groups in total. The normalized spacial score (nSPS) is 16.1. The van der Waals surface area contributed by atoms with E-state index in [1.54, 1.807) is 0 Å². The molecule has 24 heavy (non-hydrogen) atoms. The van der Waals surface area contributed by atoms with Crippen molar-refractivity contribution in [3.63, 3.8) is 0 Å². The van der Waals surface area contributed by atoms with Crippen LogP contribution in [-0.2, 0) is 0 Å². The smallest absolute Gasteiger partial charge is 0.255 e. The van der Waals surface area contributed by atoms with Crippen LogP contribution >= 0.6 is 0 Å². The third kappa shape index (κ3) is 3.18. The summed E-state index contributed by atoms with van der Waals surface area (Å²) in [6, 6.07) is 17.4. The molecule has 1 heterocycles. The lowest BCUT2D eigenvalue weighted by Gasteiger charge is -2.36. The number of carbonyl (C=O) groups is 1. The molecule has 2 aromatic rings. The lowest BCUT2D eigenvalue weighted by atomic mass is 10.0. The summed E-state index contributed by atoms with van der Waals surface area (Å²) in [6.07, 6.45) is 0.946. The Bertz CT molecular complexity index is 782. The Kier molecular flexibility index (Phi) is 4.66. The zero-order valence-corrected chi connectivity index (χ0v) is 13.5. The number of fused-ring (bicyclic) bond motifs is 1. The van der Waals surface area contributed by atoms with E-state index < -0.39 is 0 Å². The molecule has 3 rings (SSSR count). The Labute approximate surface area is 141 Å². The lowest BCUT2D eigenvalue weighted by molar-refractivity contribution is 0.0928. The van der Waals surface area contributed by atoms with Crippen molar-refractivity contribution in [3.8, 4) is 11.8 Å². The number of nitrogens with zero attached hydrogens (tertiary/aromatic N) is 2. The quantitative estimate of drug-likeness (QED) is 0.859. The molecule has 0 aliphatic carbocycles. The van der Waals surface area contributed by atoms with Crippen LogP contribution in [0, 0.1) is 11.3 Å². The molecule has 1 atom stereocenters. The van der Waals surface area contributed by atoms with Gasteiger partial charge in [0.15, 0.2) is 0 Å². The van der Waals surface area contributed by atoms with Gasteiger partial charge >= 0.3 is 0 Å². The molecule has 5 nitrogen and oxygen atoms in total. The van der Waals surface area contributed by atoms with Crippen LogP contribution in [0.1, 0.15) is 34.9 Å². The van der Waals surface area contributed by atoms with Gasteiger partial charge in [0.25, 0.3) is 5.91 Å². The summed E-state index contributed by atoms with van der Waals surface area (Å²) in [5, 5.41) is 11.6. The first-order valence-electron chi connectivity index (χ1n) is 7.93. The maximum atomic E-state index is 12.3. The summed E-state index contributed by atoms with van der Waals surface area (Å²) in [4.78, 5) is 14.4. The third-order valence-electron chi connectivity index (χ3n) is 4.06. The predicted molar refractivity (Wildman–Crippen MR) is 91.8 cm³/mol. The molecule has 0 saturated carbocycles. The SMILES string of the molecule is CN1c2ccccc2C(=O)NC1c1cccc(OCCCC#N)c1. The van der Waals surface area contributed by atoms with Gasteiger partial charge in [0, 0.05) is 13.5 Å². The molecular weight excluding hydrogens is 302 g/mol. The number of carbonyl (C=O) groups excluding carboxylic acids is 1. The maximum Gasteiger partial charge on any atom is 0.255 e. The van der Waals surface area contributed by atoms with Crippen molar-refractivity contribution < 1.29 is 9.53 Å². The highest BCUT2D eigenvalue weighted by atomic mass is 16.5. The van der Waals surface area contributed by atoms with Gasteiger partial charge in [-0.05, 0) is 36.2 Å². The topological polar surface area (TPSA) is 65.4 Å². The molecule has 0 aromatic heterocycles. The van der Waals surface area contributed by atoms with Crippen LogP contribution in [0.3, 0.4) is 0 Å². The van der Waals surface area contributed by atoms with Gasteiger partial charge < -0.3 is 15.0 Å². The summed E-state index contributed by atoms with van der Waals surface area (Å²) in [5.41, 5.74) is 2.55. The minimum absolute atomic E-state index is 0.0750. The summed E-state index contributed by atoms with van der Waals surface area (Å²) in [6.45, 7) is 0.507. The van der Waals surface area contributed by atoms with Gasteiger partial charge in [-0.3, -0.25) is 4.79 Å². The molecule has 1 amide bonds. The molecule has 0 bridgehead atoms. The van der Waals surface area contributed by atoms with Gasteiger partial charge in [-0.1, -0.05) is 24.3 Å². The van der Waals surface area contributed by atoms with E-state index in [9.17, 15) is 4.79 Å². The molecule has 1 unspecified atom stereocenters. The minimum Gasteiger partial charge on any atom is -0.494 e. The lowest BCUT2D eigenvalue weighted by Crippen LogP contribution is -2.44. The van der Waals surface area contributed by atoms with Crippen LogP contribution < -0.4 is 15.0 Å². The van der Waals surface area contributed by atoms with Crippen molar-refractivity contribution in [2.45, 2.75) is 19.0 Å². The predicted octanol–water partition coefficient (Wildman–Crippen LogP) is 3.25. The fourth-order valence-corrected chi connectivity index (χ4v) is 2.83. The van der Waals surface area contributed by atoms with E-state index in [-0.39, 0.29) is 12.1 Å². The van der Waals surface area contributed by atoms with Crippen molar-refractivity contribution in [1.29, 1.82) is 5.26 Å². The highest BCUT2D eigenvalue weighted by molar-refractivity contribution is 6.01. The maximum absolute atomic E-state index is 12.3. The van der Waals surface area contributed by atoms with Crippen molar-refractivity contribution in [1.82, 2.24) is 5.32 Å². The average Bonchev–Trinajstić information content (AvgIpc) is 2.62. The van der Waals surface area contributed by atoms with Crippen LogP contribution in [0.4, 0.5) is 5.69 Å². The average molecular weight is 321 g/mol. The van der Waals surface area contributed by atoms with Crippen LogP contribution in [0.15, 0.2) is 48.5 Å². The van der Waals surface area contributed by atoms with Gasteiger partial charge in [0.2, 0.25) is 0 Å². The van der Waals surface area contributed by atoms with Crippen LogP contribution in [-0.4, -0.2) is 19.6 Å². The molecule has 122 valence electrons. The molecule has 0 spiro atoms. The number of hydrogen-bond donors (Lipinski definition) is 1. The van der Waals surface area contributed by atoms with E-state index >= 15 is 0 Å². The van der Waals surface area contributed by atoms with Crippen molar-refractivity contribution in [3.05, 3.63) is 59.7 Å². The zero-order valence-electron chi connectivity index (χ0n) is 13.5. The summed E-state index contributed by atoms with van der Waals surface area (Å²) >= 11 is 0. The third-order valence-corrected chi connectivity index (χ3v) is 4.06. The van der Waals surface area contributed by atoms with E-state index in [0.29, 0.717) is 25.0 Å². The largest absolute Gasteiger partial charge is 0.494 e. The van der Waals surface area contributed by atoms with Crippen LogP contribution in [0.5, 0.6) is 5.75 Å². The molecule has 5 heteroatoms. The molecule has 1 aliphatic heterocycles. The van der Waals surface area contributed by atoms with E-state index in [2.05, 4.69) is 11.4 Å². The number of nitriles is 1. The van der Waals surface area contributed by atoms with E-state index in [4.69, 9.17) is 10.00 Å². The number of para-hydroxylation sites is 1. The van der Waals surface area contributed by atoms with E-state index in [1.807, 2.05) is 60.5 Å². The highest BCUT2D eigenvalue weighted by Crippen LogP contribution is 2.32. The number of hydrogen-bond acceptors (Lipinski definition) is 4. The number of amides is 1. The monoisotopic (exact) mass is 321 g/mol. The number of benzene rings is 2. The first-order chi connectivity index (χ1) is 11.7. The minimum atomic E-state index is -0.241. The standard InChI is InChI=1S/C19H19N3O2/c1-22-17-10-3-2-9-16(17)19(23)21-18(22)14-7-6-8-15(13-14)24-12-5-4-11-20/h2-3,6-10,13,18H,4-5,12H2,1H3,(H,21,23). The van der Waals surface area contributed by atoms with Gasteiger partial charge in [-0.25, -0.2) is 0 Å². The second-order valence-corrected chi connectivity index (χ2v) is 5.69. The number of anilines is 1.